The number of pyridine rings is 3. The molecule has 8 rings (SSSR count). The van der Waals surface area contributed by atoms with E-state index in [0.717, 1.165) is 5.69 Å². The Morgan fingerprint density at radius 3 is 1.00 bits per heavy atom. The second kappa shape index (κ2) is 43.3. The van der Waals surface area contributed by atoms with Crippen LogP contribution in [0.3, 0.4) is 0 Å². The van der Waals surface area contributed by atoms with Gasteiger partial charge in [0.1, 0.15) is 49.6 Å². The predicted molar refractivity (Wildman–Crippen MR) is 311 cm³/mol. The average Bonchev–Trinajstić information content (AvgIpc) is 4.17. The average molecular weight is 993 g/mol. The molecule has 0 bridgehead atoms. The Morgan fingerprint density at radius 2 is 0.653 bits per heavy atom. The van der Waals surface area contributed by atoms with E-state index >= 15 is 0 Å². The molecule has 0 aliphatic carbocycles. The van der Waals surface area contributed by atoms with Crippen LogP contribution in [0.4, 0.5) is 0 Å². The Hall–Kier alpha value is -6.49. The summed E-state index contributed by atoms with van der Waals surface area (Å²) in [5.41, 5.74) is 9.71. The molecule has 0 unspecified atom stereocenters. The lowest BCUT2D eigenvalue weighted by molar-refractivity contribution is -0.659. The van der Waals surface area contributed by atoms with Gasteiger partial charge in [-0.25, -0.2) is 36.5 Å². The van der Waals surface area contributed by atoms with E-state index in [-0.39, 0.29) is 0 Å². The summed E-state index contributed by atoms with van der Waals surface area (Å²) in [6.45, 7) is 40.4. The highest BCUT2D eigenvalue weighted by Gasteiger charge is 2.19. The van der Waals surface area contributed by atoms with Gasteiger partial charge in [-0.05, 0) is 74.7 Å². The third-order valence-electron chi connectivity index (χ3n) is 9.90. The van der Waals surface area contributed by atoms with Crippen molar-refractivity contribution in [3.05, 3.63) is 151 Å². The predicted octanol–water partition coefficient (Wildman–Crippen LogP) is 13.7. The van der Waals surface area contributed by atoms with Crippen LogP contribution in [0.25, 0.3) is 45.6 Å². The van der Waals surface area contributed by atoms with Crippen molar-refractivity contribution in [3.8, 4) is 45.6 Å². The number of hydrogen-bond donors (Lipinski definition) is 0. The van der Waals surface area contributed by atoms with Crippen molar-refractivity contribution in [3.63, 3.8) is 0 Å². The van der Waals surface area contributed by atoms with Gasteiger partial charge in [0.2, 0.25) is 0 Å². The maximum Gasteiger partial charge on any atom is 0.290 e. The first-order valence-corrected chi connectivity index (χ1v) is 26.6. The quantitative estimate of drug-likeness (QED) is 0.165. The molecule has 8 aromatic rings. The number of rotatable bonds is 4. The van der Waals surface area contributed by atoms with Gasteiger partial charge in [0.05, 0.1) is 84.3 Å². The summed E-state index contributed by atoms with van der Waals surface area (Å²) >= 11 is 0. The SMILES string of the molecule is CC.CC.CC.CC.CC.CC.CC.CC.Cc1ccccc1-c1n(C)cc[n+]1C.Cc1ccncc1-c1n(C)cc[n+]1C.Cc1cnccc1-c1n(C)cc[n+]1C.Cc1ncccc1-c1n(C)cc[n+]1C. The van der Waals surface area contributed by atoms with Crippen molar-refractivity contribution in [1.82, 2.24) is 33.2 Å². The van der Waals surface area contributed by atoms with Crippen molar-refractivity contribution in [2.75, 3.05) is 0 Å². The molecule has 0 aliphatic heterocycles. The van der Waals surface area contributed by atoms with Crippen LogP contribution in [0, 0.1) is 27.7 Å². The van der Waals surface area contributed by atoms with Crippen molar-refractivity contribution in [2.24, 2.45) is 56.4 Å². The number of aromatic nitrogens is 11. The summed E-state index contributed by atoms with van der Waals surface area (Å²) in [6, 6.07) is 16.6. The fourth-order valence-electron chi connectivity index (χ4n) is 6.85. The first-order chi connectivity index (χ1) is 34.8. The number of benzene rings is 1. The molecule has 0 saturated heterocycles. The van der Waals surface area contributed by atoms with Crippen LogP contribution in [-0.2, 0) is 56.4 Å². The summed E-state index contributed by atoms with van der Waals surface area (Å²) in [5, 5.41) is 0. The minimum atomic E-state index is 1.06. The lowest BCUT2D eigenvalue weighted by Crippen LogP contribution is -2.29. The third-order valence-corrected chi connectivity index (χ3v) is 9.90. The molecule has 0 atom stereocenters. The van der Waals surface area contributed by atoms with Crippen LogP contribution in [0.1, 0.15) is 133 Å². The standard InChI is InChI=1S/C12H15N2.3C11H14N3.8C2H6/c1-10-6-4-5-7-11(10)12-13(2)8-9-14(12)3;1-9-8-12-5-4-10(9)11-13(2)6-7-14(11)3;1-9-4-5-12-8-10(9)11-13(2)6-7-14(11)3;1-9-10(5-4-6-12-9)11-13(2)7-8-14(11)3;8*1-2/h4-9H,1-3H3;3*4-8H,1-3H3;8*1-2H3/q4*+1;;;;;;;;. The molecule has 11 heteroatoms. The largest absolute Gasteiger partial charge is 0.290 e. The van der Waals surface area contributed by atoms with Gasteiger partial charge in [-0.2, -0.15) is 0 Å². The summed E-state index contributed by atoms with van der Waals surface area (Å²) in [7, 11) is 16.4. The first kappa shape index (κ1) is 72.1. The Bertz CT molecular complexity index is 2100. The minimum absolute atomic E-state index is 1.06. The summed E-state index contributed by atoms with van der Waals surface area (Å²) in [5.74, 6) is 4.79. The molecular weight excluding hydrogens is 887 g/mol. The summed E-state index contributed by atoms with van der Waals surface area (Å²) in [4.78, 5) is 12.5. The molecule has 0 aliphatic rings. The van der Waals surface area contributed by atoms with Gasteiger partial charge in [-0.3, -0.25) is 15.0 Å². The lowest BCUT2D eigenvalue weighted by atomic mass is 10.1. The number of nitrogens with zero attached hydrogens (tertiary/aromatic N) is 11. The van der Waals surface area contributed by atoms with Crippen LogP contribution in [0.2, 0.25) is 0 Å². The molecule has 0 saturated carbocycles. The van der Waals surface area contributed by atoms with Gasteiger partial charge in [0.25, 0.3) is 23.3 Å². The van der Waals surface area contributed by atoms with Crippen LogP contribution in [-0.4, -0.2) is 33.2 Å². The number of hydrogen-bond acceptors (Lipinski definition) is 3. The molecule has 0 fully saturated rings. The molecule has 7 aromatic heterocycles. The fourth-order valence-corrected chi connectivity index (χ4v) is 6.85. The number of imidazole rings is 4. The van der Waals surface area contributed by atoms with E-state index in [2.05, 4.69) is 156 Å². The molecule has 0 amide bonds. The van der Waals surface area contributed by atoms with Crippen LogP contribution in [0.15, 0.2) is 129 Å². The molecule has 0 radical (unpaired) electrons. The van der Waals surface area contributed by atoms with E-state index in [1.54, 1.807) is 0 Å². The van der Waals surface area contributed by atoms with Crippen LogP contribution >= 0.6 is 0 Å². The van der Waals surface area contributed by atoms with E-state index in [9.17, 15) is 0 Å². The summed E-state index contributed by atoms with van der Waals surface area (Å²) < 4.78 is 16.9. The van der Waals surface area contributed by atoms with Gasteiger partial charge in [0.15, 0.2) is 0 Å². The molecule has 1 aromatic carbocycles. The molecule has 72 heavy (non-hydrogen) atoms. The zero-order valence-corrected chi connectivity index (χ0v) is 51.0. The van der Waals surface area contributed by atoms with Gasteiger partial charge in [-0.1, -0.05) is 129 Å². The van der Waals surface area contributed by atoms with E-state index in [4.69, 9.17) is 0 Å². The van der Waals surface area contributed by atoms with Crippen molar-refractivity contribution in [2.45, 2.75) is 138 Å². The fraction of sp³-hybridized carbons (Fsp3) is 0.459. The van der Waals surface area contributed by atoms with Crippen molar-refractivity contribution < 1.29 is 18.3 Å². The Kier molecular flexibility index (Phi) is 43.3. The van der Waals surface area contributed by atoms with E-state index < -0.39 is 0 Å². The highest BCUT2D eigenvalue weighted by Crippen LogP contribution is 2.21. The topological polar surface area (TPSA) is 73.9 Å². The summed E-state index contributed by atoms with van der Waals surface area (Å²) in [6.07, 6.45) is 25.7. The van der Waals surface area contributed by atoms with Crippen molar-refractivity contribution in [1.29, 1.82) is 0 Å². The van der Waals surface area contributed by atoms with Crippen LogP contribution in [0.5, 0.6) is 0 Å². The maximum atomic E-state index is 4.29. The Morgan fingerprint density at radius 1 is 0.333 bits per heavy atom. The van der Waals surface area contributed by atoms with E-state index in [1.807, 2.05) is 220 Å². The Labute approximate surface area is 441 Å². The van der Waals surface area contributed by atoms with E-state index in [1.165, 1.54) is 62.2 Å². The monoisotopic (exact) mass is 992 g/mol. The van der Waals surface area contributed by atoms with E-state index in [0.29, 0.717) is 0 Å². The maximum absolute atomic E-state index is 4.29. The Balaban J connectivity index is -0.000000391. The molecule has 11 nitrogen and oxygen atoms in total. The van der Waals surface area contributed by atoms with Gasteiger partial charge in [-0.15, -0.1) is 0 Å². The second-order valence-electron chi connectivity index (χ2n) is 14.2. The zero-order chi connectivity index (χ0) is 56.5. The smallest absolute Gasteiger partial charge is 0.264 e. The minimum Gasteiger partial charge on any atom is -0.264 e. The molecular formula is C61H105N11+4. The normalized spacial score (nSPS) is 8.83. The molecule has 400 valence electrons. The van der Waals surface area contributed by atoms with Gasteiger partial charge < -0.3 is 0 Å². The molecule has 7 heterocycles. The highest BCUT2D eigenvalue weighted by atomic mass is 15.1. The third kappa shape index (κ3) is 22.3. The molecule has 0 spiro atoms. The first-order valence-electron chi connectivity index (χ1n) is 26.6. The zero-order valence-electron chi connectivity index (χ0n) is 51.0. The lowest BCUT2D eigenvalue weighted by Gasteiger charge is -2.02. The molecule has 0 N–H and O–H groups in total. The second-order valence-corrected chi connectivity index (χ2v) is 14.2. The van der Waals surface area contributed by atoms with Crippen molar-refractivity contribution >= 4 is 0 Å². The van der Waals surface area contributed by atoms with Gasteiger partial charge in [0, 0.05) is 31.0 Å². The van der Waals surface area contributed by atoms with Crippen LogP contribution < -0.4 is 18.3 Å². The highest BCUT2D eigenvalue weighted by molar-refractivity contribution is 5.59. The van der Waals surface area contributed by atoms with Gasteiger partial charge >= 0.3 is 0 Å². The number of aryl methyl sites for hydroxylation is 12.